The van der Waals surface area contributed by atoms with E-state index < -0.39 is 6.03 Å². The number of piperidine rings is 1. The van der Waals surface area contributed by atoms with E-state index in [2.05, 4.69) is 16.0 Å². The molecule has 0 aliphatic carbocycles. The molecule has 104 valence electrons. The Morgan fingerprint density at radius 2 is 2.17 bits per heavy atom. The third-order valence-electron chi connectivity index (χ3n) is 2.95. The highest BCUT2D eigenvalue weighted by Gasteiger charge is 2.16. The van der Waals surface area contributed by atoms with Crippen LogP contribution in [-0.4, -0.2) is 56.1 Å². The van der Waals surface area contributed by atoms with Gasteiger partial charge in [-0.1, -0.05) is 6.42 Å². The third kappa shape index (κ3) is 5.97. The topological polar surface area (TPSA) is 73.5 Å². The standard InChI is InChI=1S/C12H24N4O2/c1-3-13-12(18)15-11(17)9-16(2)8-10-6-4-5-7-14-10/h10,14H,3-9H2,1-2H3,(H2,13,15,17,18). The van der Waals surface area contributed by atoms with Crippen LogP contribution in [-0.2, 0) is 4.79 Å². The minimum absolute atomic E-state index is 0.245. The second kappa shape index (κ2) is 8.05. The number of nitrogens with zero attached hydrogens (tertiary/aromatic N) is 1. The minimum Gasteiger partial charge on any atom is -0.338 e. The molecule has 3 amide bonds. The largest absolute Gasteiger partial charge is 0.338 e. The Morgan fingerprint density at radius 1 is 1.39 bits per heavy atom. The fraction of sp³-hybridized carbons (Fsp3) is 0.833. The highest BCUT2D eigenvalue weighted by atomic mass is 16.2. The van der Waals surface area contributed by atoms with Gasteiger partial charge >= 0.3 is 6.03 Å². The average molecular weight is 256 g/mol. The molecule has 1 aliphatic rings. The van der Waals surface area contributed by atoms with Gasteiger partial charge in [0.2, 0.25) is 5.91 Å². The van der Waals surface area contributed by atoms with E-state index in [1.54, 1.807) is 0 Å². The number of imide groups is 1. The molecular formula is C12H24N4O2. The molecule has 1 fully saturated rings. The van der Waals surface area contributed by atoms with Gasteiger partial charge in [0.25, 0.3) is 0 Å². The van der Waals surface area contributed by atoms with Gasteiger partial charge in [-0.3, -0.25) is 15.0 Å². The predicted molar refractivity (Wildman–Crippen MR) is 70.4 cm³/mol. The van der Waals surface area contributed by atoms with Crippen molar-refractivity contribution in [2.24, 2.45) is 0 Å². The first-order chi connectivity index (χ1) is 8.61. The summed E-state index contributed by atoms with van der Waals surface area (Å²) in [5.41, 5.74) is 0. The molecule has 0 radical (unpaired) electrons. The molecule has 0 aromatic carbocycles. The zero-order valence-electron chi connectivity index (χ0n) is 11.3. The van der Waals surface area contributed by atoms with Crippen LogP contribution >= 0.6 is 0 Å². The van der Waals surface area contributed by atoms with Crippen LogP contribution in [0.5, 0.6) is 0 Å². The second-order valence-electron chi connectivity index (χ2n) is 4.75. The number of likely N-dealkylation sites (N-methyl/N-ethyl adjacent to an activating group) is 1. The lowest BCUT2D eigenvalue weighted by atomic mass is 10.0. The Kier molecular flexibility index (Phi) is 6.67. The number of rotatable bonds is 5. The first-order valence-electron chi connectivity index (χ1n) is 6.61. The summed E-state index contributed by atoms with van der Waals surface area (Å²) in [6.07, 6.45) is 3.64. The molecule has 3 N–H and O–H groups in total. The van der Waals surface area contributed by atoms with Gasteiger partial charge in [0.1, 0.15) is 0 Å². The van der Waals surface area contributed by atoms with Gasteiger partial charge < -0.3 is 10.6 Å². The normalized spacial score (nSPS) is 19.6. The fourth-order valence-electron chi connectivity index (χ4n) is 2.14. The molecule has 1 unspecified atom stereocenters. The van der Waals surface area contributed by atoms with Gasteiger partial charge in [-0.15, -0.1) is 0 Å². The summed E-state index contributed by atoms with van der Waals surface area (Å²) >= 11 is 0. The molecular weight excluding hydrogens is 232 g/mol. The van der Waals surface area contributed by atoms with Crippen LogP contribution in [0.1, 0.15) is 26.2 Å². The summed E-state index contributed by atoms with van der Waals surface area (Å²) < 4.78 is 0. The van der Waals surface area contributed by atoms with Gasteiger partial charge in [0, 0.05) is 19.1 Å². The molecule has 1 saturated heterocycles. The van der Waals surface area contributed by atoms with Crippen LogP contribution in [0.15, 0.2) is 0 Å². The molecule has 0 aromatic heterocycles. The van der Waals surface area contributed by atoms with Crippen molar-refractivity contribution in [3.05, 3.63) is 0 Å². The number of amides is 3. The highest BCUT2D eigenvalue weighted by Crippen LogP contribution is 2.07. The van der Waals surface area contributed by atoms with Crippen molar-refractivity contribution < 1.29 is 9.59 Å². The molecule has 0 aromatic rings. The Bertz CT molecular complexity index is 277. The zero-order valence-corrected chi connectivity index (χ0v) is 11.3. The Labute approximate surface area is 108 Å². The predicted octanol–water partition coefficient (Wildman–Crippen LogP) is -0.0940. The van der Waals surface area contributed by atoms with Gasteiger partial charge in [-0.25, -0.2) is 4.79 Å². The Morgan fingerprint density at radius 3 is 2.78 bits per heavy atom. The first kappa shape index (κ1) is 14.9. The maximum Gasteiger partial charge on any atom is 0.321 e. The van der Waals surface area contributed by atoms with E-state index in [1.165, 1.54) is 12.8 Å². The Balaban J connectivity index is 2.19. The number of urea groups is 1. The number of carbonyl (C=O) groups is 2. The van der Waals surface area contributed by atoms with Gasteiger partial charge in [-0.05, 0) is 33.4 Å². The molecule has 1 aliphatic heterocycles. The van der Waals surface area contributed by atoms with Gasteiger partial charge in [0.15, 0.2) is 0 Å². The van der Waals surface area contributed by atoms with Crippen LogP contribution in [0.2, 0.25) is 0 Å². The monoisotopic (exact) mass is 256 g/mol. The summed E-state index contributed by atoms with van der Waals surface area (Å²) in [4.78, 5) is 24.6. The number of nitrogens with one attached hydrogen (secondary N) is 3. The molecule has 18 heavy (non-hydrogen) atoms. The van der Waals surface area contributed by atoms with Gasteiger partial charge in [-0.2, -0.15) is 0 Å². The molecule has 1 heterocycles. The molecule has 0 saturated carbocycles. The smallest absolute Gasteiger partial charge is 0.321 e. The van der Waals surface area contributed by atoms with Crippen molar-refractivity contribution in [3.63, 3.8) is 0 Å². The molecule has 1 rings (SSSR count). The van der Waals surface area contributed by atoms with Crippen molar-refractivity contribution in [1.82, 2.24) is 20.9 Å². The van der Waals surface area contributed by atoms with E-state index in [-0.39, 0.29) is 12.5 Å². The molecule has 6 nitrogen and oxygen atoms in total. The minimum atomic E-state index is -0.424. The van der Waals surface area contributed by atoms with E-state index in [1.807, 2.05) is 18.9 Å². The van der Waals surface area contributed by atoms with E-state index in [0.29, 0.717) is 12.6 Å². The zero-order chi connectivity index (χ0) is 13.4. The van der Waals surface area contributed by atoms with E-state index in [9.17, 15) is 9.59 Å². The van der Waals surface area contributed by atoms with Crippen LogP contribution < -0.4 is 16.0 Å². The number of carbonyl (C=O) groups excluding carboxylic acids is 2. The van der Waals surface area contributed by atoms with Crippen molar-refractivity contribution in [1.29, 1.82) is 0 Å². The van der Waals surface area contributed by atoms with Crippen molar-refractivity contribution in [3.8, 4) is 0 Å². The molecule has 0 spiro atoms. The quantitative estimate of drug-likeness (QED) is 0.642. The van der Waals surface area contributed by atoms with E-state index >= 15 is 0 Å². The lowest BCUT2D eigenvalue weighted by molar-refractivity contribution is -0.120. The van der Waals surface area contributed by atoms with Crippen molar-refractivity contribution in [2.45, 2.75) is 32.2 Å². The number of hydrogen-bond acceptors (Lipinski definition) is 4. The summed E-state index contributed by atoms with van der Waals surface area (Å²) in [6, 6.07) is 0.0349. The first-order valence-corrected chi connectivity index (χ1v) is 6.61. The van der Waals surface area contributed by atoms with Gasteiger partial charge in [0.05, 0.1) is 6.54 Å². The lowest BCUT2D eigenvalue weighted by Crippen LogP contribution is -2.47. The van der Waals surface area contributed by atoms with Crippen LogP contribution in [0.4, 0.5) is 4.79 Å². The van der Waals surface area contributed by atoms with E-state index in [0.717, 1.165) is 19.5 Å². The summed E-state index contributed by atoms with van der Waals surface area (Å²) in [5.74, 6) is -0.265. The maximum atomic E-state index is 11.5. The number of hydrogen-bond donors (Lipinski definition) is 3. The Hall–Kier alpha value is -1.14. The van der Waals surface area contributed by atoms with Crippen LogP contribution in [0.25, 0.3) is 0 Å². The van der Waals surface area contributed by atoms with Crippen molar-refractivity contribution in [2.75, 3.05) is 33.2 Å². The average Bonchev–Trinajstić information content (AvgIpc) is 2.29. The highest BCUT2D eigenvalue weighted by molar-refractivity contribution is 5.95. The summed E-state index contributed by atoms with van der Waals surface area (Å²) in [6.45, 7) is 4.47. The van der Waals surface area contributed by atoms with Crippen LogP contribution in [0, 0.1) is 0 Å². The molecule has 1 atom stereocenters. The SMILES string of the molecule is CCNC(=O)NC(=O)CN(C)CC1CCCCN1. The molecule has 0 bridgehead atoms. The second-order valence-corrected chi connectivity index (χ2v) is 4.75. The summed E-state index contributed by atoms with van der Waals surface area (Å²) in [7, 11) is 1.90. The van der Waals surface area contributed by atoms with Crippen molar-refractivity contribution >= 4 is 11.9 Å². The molecule has 6 heteroatoms. The van der Waals surface area contributed by atoms with E-state index in [4.69, 9.17) is 0 Å². The lowest BCUT2D eigenvalue weighted by Gasteiger charge is -2.27. The maximum absolute atomic E-state index is 11.5. The van der Waals surface area contributed by atoms with Crippen LogP contribution in [0.3, 0.4) is 0 Å². The summed E-state index contributed by atoms with van der Waals surface area (Å²) in [5, 5.41) is 8.26. The fourth-order valence-corrected chi connectivity index (χ4v) is 2.14. The third-order valence-corrected chi connectivity index (χ3v) is 2.95.